The molecule has 1 N–H and O–H groups in total. The fraction of sp³-hybridized carbons (Fsp3) is 0.381. The van der Waals surface area contributed by atoms with E-state index >= 15 is 0 Å². The molecule has 142 valence electrons. The van der Waals surface area contributed by atoms with Crippen molar-refractivity contribution in [1.82, 2.24) is 14.8 Å². The number of likely N-dealkylation sites (tertiary alicyclic amines) is 1. The molecule has 0 aliphatic carbocycles. The number of H-pyrrole nitrogens is 1. The Morgan fingerprint density at radius 3 is 3.07 bits per heavy atom. The second kappa shape index (κ2) is 7.56. The van der Waals surface area contributed by atoms with Gasteiger partial charge >= 0.3 is 0 Å². The number of amides is 1. The van der Waals surface area contributed by atoms with E-state index in [2.05, 4.69) is 9.88 Å². The molecule has 1 unspecified atom stereocenters. The summed E-state index contributed by atoms with van der Waals surface area (Å²) >= 11 is 0. The van der Waals surface area contributed by atoms with Gasteiger partial charge in [-0.1, -0.05) is 0 Å². The molecule has 6 heteroatoms. The lowest BCUT2D eigenvalue weighted by Gasteiger charge is -2.33. The molecule has 1 aliphatic rings. The first-order valence-electron chi connectivity index (χ1n) is 9.35. The van der Waals surface area contributed by atoms with Crippen LogP contribution in [0, 0.1) is 11.7 Å². The summed E-state index contributed by atoms with van der Waals surface area (Å²) < 4.78 is 18.8. The van der Waals surface area contributed by atoms with Crippen LogP contribution in [0.15, 0.2) is 47.1 Å². The van der Waals surface area contributed by atoms with Gasteiger partial charge < -0.3 is 14.3 Å². The van der Waals surface area contributed by atoms with Crippen molar-refractivity contribution in [3.05, 3.63) is 59.9 Å². The van der Waals surface area contributed by atoms with Crippen LogP contribution < -0.4 is 0 Å². The van der Waals surface area contributed by atoms with Gasteiger partial charge in [0, 0.05) is 30.2 Å². The van der Waals surface area contributed by atoms with Gasteiger partial charge in [-0.3, -0.25) is 9.69 Å². The van der Waals surface area contributed by atoms with Gasteiger partial charge in [0.1, 0.15) is 11.6 Å². The van der Waals surface area contributed by atoms with Gasteiger partial charge in [0.2, 0.25) is 5.91 Å². The molecule has 1 amide bonds. The summed E-state index contributed by atoms with van der Waals surface area (Å²) in [4.78, 5) is 20.2. The van der Waals surface area contributed by atoms with Crippen LogP contribution in [-0.2, 0) is 17.9 Å². The number of fused-ring (bicyclic) bond motifs is 1. The van der Waals surface area contributed by atoms with E-state index in [0.29, 0.717) is 6.54 Å². The van der Waals surface area contributed by atoms with Crippen molar-refractivity contribution in [2.75, 3.05) is 20.1 Å². The quantitative estimate of drug-likeness (QED) is 0.745. The summed E-state index contributed by atoms with van der Waals surface area (Å²) in [6, 6.07) is 10.4. The number of hydrogen-bond donors (Lipinski definition) is 1. The average molecular weight is 369 g/mol. The maximum atomic E-state index is 13.4. The largest absolute Gasteiger partial charge is 0.468 e. The van der Waals surface area contributed by atoms with Crippen LogP contribution in [0.1, 0.15) is 24.3 Å². The molecule has 27 heavy (non-hydrogen) atoms. The highest BCUT2D eigenvalue weighted by Gasteiger charge is 2.28. The third-order valence-electron chi connectivity index (χ3n) is 5.24. The molecule has 0 saturated carbocycles. The van der Waals surface area contributed by atoms with E-state index in [1.165, 1.54) is 12.1 Å². The number of furan rings is 1. The molecule has 3 heterocycles. The van der Waals surface area contributed by atoms with E-state index in [-0.39, 0.29) is 17.6 Å². The van der Waals surface area contributed by atoms with E-state index in [0.717, 1.165) is 54.8 Å². The minimum atomic E-state index is -0.253. The molecule has 1 aromatic carbocycles. The normalized spacial score (nSPS) is 18.1. The zero-order chi connectivity index (χ0) is 18.8. The lowest BCUT2D eigenvalue weighted by atomic mass is 9.96. The minimum Gasteiger partial charge on any atom is -0.468 e. The molecular formula is C21H24FN3O2. The van der Waals surface area contributed by atoms with Gasteiger partial charge in [0.05, 0.1) is 25.3 Å². The van der Waals surface area contributed by atoms with Gasteiger partial charge in [-0.15, -0.1) is 0 Å². The van der Waals surface area contributed by atoms with Gasteiger partial charge in [-0.25, -0.2) is 4.39 Å². The molecule has 4 rings (SSSR count). The molecular weight excluding hydrogens is 345 g/mol. The van der Waals surface area contributed by atoms with Gasteiger partial charge in [-0.05, 0) is 55.8 Å². The van der Waals surface area contributed by atoms with Crippen LogP contribution in [-0.4, -0.2) is 40.8 Å². The monoisotopic (exact) mass is 369 g/mol. The van der Waals surface area contributed by atoms with Crippen LogP contribution in [0.25, 0.3) is 10.9 Å². The molecule has 2 aromatic heterocycles. The molecule has 1 aliphatic heterocycles. The Morgan fingerprint density at radius 1 is 1.37 bits per heavy atom. The van der Waals surface area contributed by atoms with Crippen molar-refractivity contribution >= 4 is 16.8 Å². The maximum Gasteiger partial charge on any atom is 0.227 e. The van der Waals surface area contributed by atoms with Crippen molar-refractivity contribution in [2.24, 2.45) is 5.92 Å². The van der Waals surface area contributed by atoms with E-state index < -0.39 is 0 Å². The summed E-state index contributed by atoms with van der Waals surface area (Å²) in [5.74, 6) is 0.836. The summed E-state index contributed by atoms with van der Waals surface area (Å²) in [5.41, 5.74) is 1.80. The van der Waals surface area contributed by atoms with Crippen LogP contribution in [0.5, 0.6) is 0 Å². The smallest absolute Gasteiger partial charge is 0.227 e. The highest BCUT2D eigenvalue weighted by Crippen LogP contribution is 2.22. The van der Waals surface area contributed by atoms with Crippen molar-refractivity contribution in [3.63, 3.8) is 0 Å². The fourth-order valence-corrected chi connectivity index (χ4v) is 3.92. The number of nitrogens with one attached hydrogen (secondary N) is 1. The summed E-state index contributed by atoms with van der Waals surface area (Å²) in [5, 5.41) is 0.827. The number of carbonyl (C=O) groups is 1. The Hall–Kier alpha value is -2.60. The standard InChI is InChI=1S/C21H24FN3O2/c1-24(13-18-11-16-10-17(22)6-7-20(16)23-18)21(26)15-4-2-8-25(12-15)14-19-5-3-9-27-19/h3,5-7,9-11,15,23H,2,4,8,12-14H2,1H3. The van der Waals surface area contributed by atoms with Crippen LogP contribution in [0.3, 0.4) is 0 Å². The minimum absolute atomic E-state index is 0.000495. The number of aromatic nitrogens is 1. The highest BCUT2D eigenvalue weighted by molar-refractivity contribution is 5.81. The molecule has 0 radical (unpaired) electrons. The van der Waals surface area contributed by atoms with Crippen molar-refractivity contribution in [2.45, 2.75) is 25.9 Å². The second-order valence-electron chi connectivity index (χ2n) is 7.37. The number of carbonyl (C=O) groups excluding carboxylic acids is 1. The average Bonchev–Trinajstić information content (AvgIpc) is 3.30. The molecule has 0 spiro atoms. The SMILES string of the molecule is CN(Cc1cc2cc(F)ccc2[nH]1)C(=O)C1CCCN(Cc2ccco2)C1. The number of nitrogens with zero attached hydrogens (tertiary/aromatic N) is 2. The Morgan fingerprint density at radius 2 is 2.26 bits per heavy atom. The molecule has 3 aromatic rings. The number of benzene rings is 1. The first-order valence-corrected chi connectivity index (χ1v) is 9.35. The third kappa shape index (κ3) is 4.06. The van der Waals surface area contributed by atoms with E-state index in [9.17, 15) is 9.18 Å². The first kappa shape index (κ1) is 17.8. The Labute approximate surface area is 157 Å². The highest BCUT2D eigenvalue weighted by atomic mass is 19.1. The summed E-state index contributed by atoms with van der Waals surface area (Å²) in [6.45, 7) is 2.97. The summed E-state index contributed by atoms with van der Waals surface area (Å²) in [6.07, 6.45) is 3.61. The van der Waals surface area contributed by atoms with Crippen LogP contribution in [0.2, 0.25) is 0 Å². The maximum absolute atomic E-state index is 13.4. The Kier molecular flexibility index (Phi) is 4.99. The first-order chi connectivity index (χ1) is 13.1. The lowest BCUT2D eigenvalue weighted by molar-refractivity contribution is -0.136. The van der Waals surface area contributed by atoms with E-state index in [1.807, 2.05) is 25.2 Å². The number of aromatic amines is 1. The van der Waals surface area contributed by atoms with Crippen molar-refractivity contribution < 1.29 is 13.6 Å². The number of hydrogen-bond acceptors (Lipinski definition) is 3. The molecule has 1 saturated heterocycles. The van der Waals surface area contributed by atoms with Crippen LogP contribution >= 0.6 is 0 Å². The number of piperidine rings is 1. The van der Waals surface area contributed by atoms with E-state index in [4.69, 9.17) is 4.42 Å². The number of rotatable bonds is 5. The van der Waals surface area contributed by atoms with Crippen molar-refractivity contribution in [1.29, 1.82) is 0 Å². The van der Waals surface area contributed by atoms with E-state index in [1.54, 1.807) is 17.2 Å². The number of halogens is 1. The second-order valence-corrected chi connectivity index (χ2v) is 7.37. The van der Waals surface area contributed by atoms with Gasteiger partial charge in [0.15, 0.2) is 0 Å². The zero-order valence-corrected chi connectivity index (χ0v) is 15.5. The zero-order valence-electron chi connectivity index (χ0n) is 15.5. The predicted octanol–water partition coefficient (Wildman–Crippen LogP) is 3.77. The Bertz CT molecular complexity index is 919. The predicted molar refractivity (Wildman–Crippen MR) is 101 cm³/mol. The van der Waals surface area contributed by atoms with Gasteiger partial charge in [0.25, 0.3) is 0 Å². The van der Waals surface area contributed by atoms with Gasteiger partial charge in [-0.2, -0.15) is 0 Å². The molecule has 1 fully saturated rings. The molecule has 5 nitrogen and oxygen atoms in total. The fourth-order valence-electron chi connectivity index (χ4n) is 3.92. The molecule has 1 atom stereocenters. The van der Waals surface area contributed by atoms with Crippen LogP contribution in [0.4, 0.5) is 4.39 Å². The Balaban J connectivity index is 1.38. The lowest BCUT2D eigenvalue weighted by Crippen LogP contribution is -2.43. The molecule has 0 bridgehead atoms. The summed E-state index contributed by atoms with van der Waals surface area (Å²) in [7, 11) is 1.83. The third-order valence-corrected chi connectivity index (χ3v) is 5.24. The topological polar surface area (TPSA) is 52.5 Å². The van der Waals surface area contributed by atoms with Crippen molar-refractivity contribution in [3.8, 4) is 0 Å².